The number of benzene rings is 1. The average molecular weight is 278 g/mol. The van der Waals surface area contributed by atoms with Crippen LogP contribution in [0, 0.1) is 0 Å². The van der Waals surface area contributed by atoms with Gasteiger partial charge in [0.15, 0.2) is 0 Å². The number of ether oxygens (including phenoxy) is 1. The van der Waals surface area contributed by atoms with Crippen molar-refractivity contribution in [3.8, 4) is 5.75 Å². The first-order valence-corrected chi connectivity index (χ1v) is 7.44. The normalized spacial score (nSPS) is 23.3. The highest BCUT2D eigenvalue weighted by Gasteiger charge is 2.33. The Balaban J connectivity index is 2.34. The first-order chi connectivity index (χ1) is 9.69. The minimum Gasteiger partial charge on any atom is -0.496 e. The molecular formula is C16H26N2O2. The quantitative estimate of drug-likeness (QED) is 0.864. The zero-order chi connectivity index (χ0) is 14.5. The van der Waals surface area contributed by atoms with Crippen LogP contribution in [0.25, 0.3) is 0 Å². The van der Waals surface area contributed by atoms with E-state index in [0.717, 1.165) is 30.7 Å². The molecule has 0 spiro atoms. The predicted octanol–water partition coefficient (Wildman–Crippen LogP) is 1.93. The van der Waals surface area contributed by atoms with Gasteiger partial charge in [-0.15, -0.1) is 0 Å². The molecule has 4 heteroatoms. The number of hydrogen-bond acceptors (Lipinski definition) is 4. The molecule has 112 valence electrons. The molecule has 20 heavy (non-hydrogen) atoms. The van der Waals surface area contributed by atoms with Gasteiger partial charge in [0.05, 0.1) is 19.8 Å². The predicted molar refractivity (Wildman–Crippen MR) is 80.8 cm³/mol. The van der Waals surface area contributed by atoms with Crippen LogP contribution in [-0.2, 0) is 0 Å². The highest BCUT2D eigenvalue weighted by atomic mass is 16.5. The van der Waals surface area contributed by atoms with E-state index in [-0.39, 0.29) is 24.7 Å². The Morgan fingerprint density at radius 1 is 1.40 bits per heavy atom. The van der Waals surface area contributed by atoms with Gasteiger partial charge in [-0.05, 0) is 32.4 Å². The van der Waals surface area contributed by atoms with E-state index in [1.165, 1.54) is 6.42 Å². The minimum absolute atomic E-state index is 0.0153. The number of piperidine rings is 1. The third-order valence-electron chi connectivity index (χ3n) is 4.20. The number of rotatable bonds is 5. The van der Waals surface area contributed by atoms with Gasteiger partial charge in [-0.1, -0.05) is 24.6 Å². The van der Waals surface area contributed by atoms with Crippen molar-refractivity contribution < 1.29 is 9.84 Å². The summed E-state index contributed by atoms with van der Waals surface area (Å²) in [5.74, 6) is 0.872. The Bertz CT molecular complexity index is 423. The largest absolute Gasteiger partial charge is 0.496 e. The first kappa shape index (κ1) is 15.3. The topological polar surface area (TPSA) is 58.7 Å². The second-order valence-electron chi connectivity index (χ2n) is 5.62. The van der Waals surface area contributed by atoms with Gasteiger partial charge in [-0.2, -0.15) is 0 Å². The van der Waals surface area contributed by atoms with Crippen molar-refractivity contribution in [2.24, 2.45) is 5.73 Å². The van der Waals surface area contributed by atoms with Gasteiger partial charge in [-0.3, -0.25) is 4.90 Å². The second kappa shape index (κ2) is 7.07. The van der Waals surface area contributed by atoms with Crippen LogP contribution in [0.15, 0.2) is 24.3 Å². The van der Waals surface area contributed by atoms with Gasteiger partial charge >= 0.3 is 0 Å². The van der Waals surface area contributed by atoms with Crippen molar-refractivity contribution in [3.05, 3.63) is 29.8 Å². The van der Waals surface area contributed by atoms with Crippen molar-refractivity contribution in [2.45, 2.75) is 44.3 Å². The van der Waals surface area contributed by atoms with Crippen molar-refractivity contribution in [2.75, 3.05) is 20.3 Å². The smallest absolute Gasteiger partial charge is 0.123 e. The van der Waals surface area contributed by atoms with E-state index >= 15 is 0 Å². The van der Waals surface area contributed by atoms with Crippen molar-refractivity contribution in [1.29, 1.82) is 0 Å². The van der Waals surface area contributed by atoms with Crippen LogP contribution in [0.2, 0.25) is 0 Å². The fourth-order valence-electron chi connectivity index (χ4n) is 3.26. The lowest BCUT2D eigenvalue weighted by Crippen LogP contribution is -2.49. The maximum atomic E-state index is 9.65. The maximum Gasteiger partial charge on any atom is 0.123 e. The minimum atomic E-state index is -0.0153. The summed E-state index contributed by atoms with van der Waals surface area (Å²) in [6.07, 6.45) is 3.38. The monoisotopic (exact) mass is 278 g/mol. The third-order valence-corrected chi connectivity index (χ3v) is 4.20. The van der Waals surface area contributed by atoms with E-state index in [1.807, 2.05) is 25.1 Å². The molecule has 1 aliphatic heterocycles. The summed E-state index contributed by atoms with van der Waals surface area (Å²) in [4.78, 5) is 2.35. The molecule has 1 aromatic rings. The maximum absolute atomic E-state index is 9.65. The van der Waals surface area contributed by atoms with Gasteiger partial charge in [-0.25, -0.2) is 0 Å². The molecular weight excluding hydrogens is 252 g/mol. The summed E-state index contributed by atoms with van der Waals surface area (Å²) < 4.78 is 5.49. The highest BCUT2D eigenvalue weighted by molar-refractivity contribution is 5.37. The summed E-state index contributed by atoms with van der Waals surface area (Å²) in [7, 11) is 1.69. The van der Waals surface area contributed by atoms with E-state index in [4.69, 9.17) is 10.5 Å². The molecule has 1 heterocycles. The van der Waals surface area contributed by atoms with Gasteiger partial charge in [0.2, 0.25) is 0 Å². The molecule has 1 saturated heterocycles. The van der Waals surface area contributed by atoms with Crippen LogP contribution in [0.1, 0.15) is 37.8 Å². The van der Waals surface area contributed by atoms with Crippen molar-refractivity contribution >= 4 is 0 Å². The van der Waals surface area contributed by atoms with Crippen LogP contribution in [-0.4, -0.2) is 42.4 Å². The van der Waals surface area contributed by atoms with Crippen LogP contribution in [0.5, 0.6) is 5.75 Å². The summed E-state index contributed by atoms with van der Waals surface area (Å²) >= 11 is 0. The fraction of sp³-hybridized carbons (Fsp3) is 0.625. The van der Waals surface area contributed by atoms with Crippen LogP contribution in [0.3, 0.4) is 0 Å². The number of aliphatic hydroxyl groups excluding tert-OH is 1. The number of aliphatic hydroxyl groups is 1. The molecule has 0 amide bonds. The molecule has 3 atom stereocenters. The zero-order valence-corrected chi connectivity index (χ0v) is 12.5. The highest BCUT2D eigenvalue weighted by Crippen LogP contribution is 2.35. The standard InChI is InChI=1S/C16H26N2O2/c1-12(17)16(14-8-3-4-9-15(14)20-2)18-10-6-5-7-13(18)11-19/h3-4,8-9,12-13,16,19H,5-7,10-11,17H2,1-2H3. The van der Waals surface area contributed by atoms with Crippen LogP contribution in [0.4, 0.5) is 0 Å². The fourth-order valence-corrected chi connectivity index (χ4v) is 3.26. The third kappa shape index (κ3) is 3.14. The lowest BCUT2D eigenvalue weighted by atomic mass is 9.92. The zero-order valence-electron chi connectivity index (χ0n) is 12.5. The van der Waals surface area contributed by atoms with E-state index in [1.54, 1.807) is 7.11 Å². The molecule has 3 N–H and O–H groups in total. The molecule has 1 aliphatic rings. The summed E-state index contributed by atoms with van der Waals surface area (Å²) in [6.45, 7) is 3.20. The van der Waals surface area contributed by atoms with Gasteiger partial charge in [0.25, 0.3) is 0 Å². The summed E-state index contributed by atoms with van der Waals surface area (Å²) in [5.41, 5.74) is 7.38. The average Bonchev–Trinajstić information content (AvgIpc) is 2.48. The van der Waals surface area contributed by atoms with Gasteiger partial charge in [0, 0.05) is 17.6 Å². The Morgan fingerprint density at radius 2 is 2.15 bits per heavy atom. The molecule has 0 saturated carbocycles. The Kier molecular flexibility index (Phi) is 5.40. The van der Waals surface area contributed by atoms with E-state index in [9.17, 15) is 5.11 Å². The number of likely N-dealkylation sites (tertiary alicyclic amines) is 1. The molecule has 0 radical (unpaired) electrons. The first-order valence-electron chi connectivity index (χ1n) is 7.44. The summed E-state index contributed by atoms with van der Waals surface area (Å²) in [6, 6.07) is 8.32. The van der Waals surface area contributed by atoms with Crippen molar-refractivity contribution in [3.63, 3.8) is 0 Å². The molecule has 0 bridgehead atoms. The second-order valence-corrected chi connectivity index (χ2v) is 5.62. The number of para-hydroxylation sites is 1. The Hall–Kier alpha value is -1.10. The molecule has 0 aromatic heterocycles. The van der Waals surface area contributed by atoms with Crippen LogP contribution >= 0.6 is 0 Å². The molecule has 1 fully saturated rings. The molecule has 2 rings (SSSR count). The van der Waals surface area contributed by atoms with Gasteiger partial charge < -0.3 is 15.6 Å². The Labute approximate surface area is 121 Å². The Morgan fingerprint density at radius 3 is 2.80 bits per heavy atom. The molecule has 1 aromatic carbocycles. The lowest BCUT2D eigenvalue weighted by Gasteiger charge is -2.42. The molecule has 4 nitrogen and oxygen atoms in total. The van der Waals surface area contributed by atoms with Gasteiger partial charge in [0.1, 0.15) is 5.75 Å². The molecule has 3 unspecified atom stereocenters. The summed E-state index contributed by atoms with van der Waals surface area (Å²) in [5, 5.41) is 9.65. The number of hydrogen-bond donors (Lipinski definition) is 2. The van der Waals surface area contributed by atoms with Crippen molar-refractivity contribution in [1.82, 2.24) is 4.90 Å². The lowest BCUT2D eigenvalue weighted by molar-refractivity contribution is 0.0435. The number of nitrogens with zero attached hydrogens (tertiary/aromatic N) is 1. The van der Waals surface area contributed by atoms with E-state index in [2.05, 4.69) is 11.0 Å². The van der Waals surface area contributed by atoms with E-state index < -0.39 is 0 Å². The SMILES string of the molecule is COc1ccccc1C(C(C)N)N1CCCCC1CO. The molecule has 0 aliphatic carbocycles. The van der Waals surface area contributed by atoms with E-state index in [0.29, 0.717) is 0 Å². The number of nitrogens with two attached hydrogens (primary N) is 1. The van der Waals surface area contributed by atoms with Crippen LogP contribution < -0.4 is 10.5 Å². The number of methoxy groups -OCH3 is 1.